The molecule has 158 valence electrons. The summed E-state index contributed by atoms with van der Waals surface area (Å²) in [7, 11) is 0. The van der Waals surface area contributed by atoms with Gasteiger partial charge in [0.05, 0.1) is 39.5 Å². The van der Waals surface area contributed by atoms with Crippen molar-refractivity contribution in [1.82, 2.24) is 9.38 Å². The van der Waals surface area contributed by atoms with Gasteiger partial charge in [-0.3, -0.25) is 9.20 Å². The van der Waals surface area contributed by atoms with Crippen LogP contribution in [0, 0.1) is 0 Å². The summed E-state index contributed by atoms with van der Waals surface area (Å²) in [6.45, 7) is 1.82. The lowest BCUT2D eigenvalue weighted by molar-refractivity contribution is -0.137. The van der Waals surface area contributed by atoms with E-state index in [0.717, 1.165) is 29.1 Å². The Kier molecular flexibility index (Phi) is 5.36. The van der Waals surface area contributed by atoms with E-state index in [1.54, 1.807) is 13.0 Å². The smallest absolute Gasteiger partial charge is 0.416 e. The lowest BCUT2D eigenvalue weighted by Gasteiger charge is -2.07. The molecule has 9 heteroatoms. The molecule has 5 nitrogen and oxygen atoms in total. The van der Waals surface area contributed by atoms with Gasteiger partial charge >= 0.3 is 12.1 Å². The van der Waals surface area contributed by atoms with Crippen molar-refractivity contribution in [2.75, 3.05) is 6.61 Å². The molecule has 1 aromatic carbocycles. The third-order valence-electron chi connectivity index (χ3n) is 4.64. The maximum atomic E-state index is 13.0. The third-order valence-corrected chi connectivity index (χ3v) is 5.53. The molecule has 0 aliphatic rings. The zero-order chi connectivity index (χ0) is 22.2. The van der Waals surface area contributed by atoms with Crippen molar-refractivity contribution in [2.45, 2.75) is 13.1 Å². The van der Waals surface area contributed by atoms with Crippen molar-refractivity contribution in [3.8, 4) is 10.6 Å². The quantitative estimate of drug-likeness (QED) is 0.302. The minimum absolute atomic E-state index is 0.0603. The number of aromatic nitrogens is 2. The largest absolute Gasteiger partial charge is 0.462 e. The Morgan fingerprint density at radius 3 is 2.48 bits per heavy atom. The molecular formula is C22H15F3N2O3S. The van der Waals surface area contributed by atoms with E-state index in [-0.39, 0.29) is 23.4 Å². The Labute approximate surface area is 178 Å². The van der Waals surface area contributed by atoms with Gasteiger partial charge in [0.25, 0.3) is 0 Å². The molecule has 0 saturated heterocycles. The van der Waals surface area contributed by atoms with Crippen LogP contribution in [0.2, 0.25) is 0 Å². The molecule has 3 heterocycles. The summed E-state index contributed by atoms with van der Waals surface area (Å²) >= 11 is 1.48. The van der Waals surface area contributed by atoms with Crippen LogP contribution in [0.15, 0.2) is 60.2 Å². The summed E-state index contributed by atoms with van der Waals surface area (Å²) in [5.41, 5.74) is 0.538. The molecule has 0 aliphatic heterocycles. The molecular weight excluding hydrogens is 429 g/mol. The van der Waals surface area contributed by atoms with Crippen LogP contribution < -0.4 is 0 Å². The third kappa shape index (κ3) is 3.96. The van der Waals surface area contributed by atoms with Gasteiger partial charge < -0.3 is 4.74 Å². The molecule has 0 atom stereocenters. The van der Waals surface area contributed by atoms with Crippen molar-refractivity contribution in [3.05, 3.63) is 82.6 Å². The van der Waals surface area contributed by atoms with E-state index in [1.807, 2.05) is 17.5 Å². The van der Waals surface area contributed by atoms with Gasteiger partial charge in [-0.15, -0.1) is 11.3 Å². The lowest BCUT2D eigenvalue weighted by atomic mass is 10.1. The van der Waals surface area contributed by atoms with Gasteiger partial charge in [0.2, 0.25) is 5.78 Å². The molecule has 0 amide bonds. The van der Waals surface area contributed by atoms with Crippen molar-refractivity contribution in [3.63, 3.8) is 0 Å². The highest BCUT2D eigenvalue weighted by atomic mass is 32.1. The summed E-state index contributed by atoms with van der Waals surface area (Å²) in [5.74, 6) is -1.14. The van der Waals surface area contributed by atoms with Gasteiger partial charge in [-0.05, 0) is 42.6 Å². The van der Waals surface area contributed by atoms with Gasteiger partial charge in [-0.2, -0.15) is 13.2 Å². The van der Waals surface area contributed by atoms with E-state index in [4.69, 9.17) is 4.74 Å². The second kappa shape index (κ2) is 7.99. The number of halogens is 3. The number of ketones is 1. The fourth-order valence-corrected chi connectivity index (χ4v) is 3.86. The fourth-order valence-electron chi connectivity index (χ4n) is 3.16. The number of hydrogen-bond donors (Lipinski definition) is 0. The fraction of sp³-hybridized carbons (Fsp3) is 0.136. The SMILES string of the molecule is CCOC(=O)c1cc(C(=O)c2ccc(C(F)(F)F)cc2)n2cnc(-c3cccs3)cc12. The van der Waals surface area contributed by atoms with Crippen molar-refractivity contribution >= 4 is 28.6 Å². The van der Waals surface area contributed by atoms with Gasteiger partial charge in [0.1, 0.15) is 6.33 Å². The van der Waals surface area contributed by atoms with Gasteiger partial charge in [0, 0.05) is 5.56 Å². The molecule has 0 fully saturated rings. The number of thiophene rings is 1. The minimum atomic E-state index is -4.50. The summed E-state index contributed by atoms with van der Waals surface area (Å²) in [5, 5.41) is 1.89. The number of nitrogens with zero attached hydrogens (tertiary/aromatic N) is 2. The predicted octanol–water partition coefficient (Wildman–Crippen LogP) is 5.49. The van der Waals surface area contributed by atoms with E-state index in [9.17, 15) is 22.8 Å². The van der Waals surface area contributed by atoms with Gasteiger partial charge in [-0.1, -0.05) is 18.2 Å². The van der Waals surface area contributed by atoms with E-state index in [2.05, 4.69) is 4.98 Å². The molecule has 0 spiro atoms. The number of benzene rings is 1. The minimum Gasteiger partial charge on any atom is -0.462 e. The first-order valence-electron chi connectivity index (χ1n) is 9.23. The highest BCUT2D eigenvalue weighted by molar-refractivity contribution is 7.13. The number of fused-ring (bicyclic) bond motifs is 1. The Balaban J connectivity index is 1.82. The van der Waals surface area contributed by atoms with Crippen LogP contribution in [-0.4, -0.2) is 27.7 Å². The summed E-state index contributed by atoms with van der Waals surface area (Å²) in [6, 6.07) is 10.7. The molecule has 4 aromatic rings. The Hall–Kier alpha value is -3.46. The summed E-state index contributed by atoms with van der Waals surface area (Å²) in [6.07, 6.45) is -3.08. The molecule has 0 radical (unpaired) electrons. The average molecular weight is 444 g/mol. The van der Waals surface area contributed by atoms with Crippen LogP contribution in [0.3, 0.4) is 0 Å². The van der Waals surface area contributed by atoms with Crippen molar-refractivity contribution in [2.24, 2.45) is 0 Å². The monoisotopic (exact) mass is 444 g/mol. The van der Waals surface area contributed by atoms with Crippen LogP contribution in [-0.2, 0) is 10.9 Å². The highest BCUT2D eigenvalue weighted by Crippen LogP contribution is 2.30. The number of alkyl halides is 3. The zero-order valence-electron chi connectivity index (χ0n) is 16.1. The van der Waals surface area contributed by atoms with Crippen molar-refractivity contribution in [1.29, 1.82) is 0 Å². The molecule has 0 unspecified atom stereocenters. The van der Waals surface area contributed by atoms with E-state index in [1.165, 1.54) is 28.1 Å². The normalized spacial score (nSPS) is 11.6. The second-order valence-corrected chi connectivity index (χ2v) is 7.52. The summed E-state index contributed by atoms with van der Waals surface area (Å²) < 4.78 is 45.0. The molecule has 3 aromatic heterocycles. The van der Waals surface area contributed by atoms with Gasteiger partial charge in [0.15, 0.2) is 0 Å². The number of ether oxygens (including phenoxy) is 1. The van der Waals surface area contributed by atoms with E-state index < -0.39 is 23.5 Å². The van der Waals surface area contributed by atoms with Gasteiger partial charge in [-0.25, -0.2) is 9.78 Å². The molecule has 0 N–H and O–H groups in total. The maximum absolute atomic E-state index is 13.0. The standard InChI is InChI=1S/C22H15F3N2O3S/c1-2-30-21(29)15-10-18(20(28)13-5-7-14(8-6-13)22(23,24)25)27-12-26-16(11-17(15)27)19-4-3-9-31-19/h3-12H,2H2,1H3. The Morgan fingerprint density at radius 2 is 1.87 bits per heavy atom. The number of rotatable bonds is 5. The molecule has 0 saturated carbocycles. The second-order valence-electron chi connectivity index (χ2n) is 6.57. The first-order chi connectivity index (χ1) is 14.8. The number of carbonyl (C=O) groups is 2. The molecule has 31 heavy (non-hydrogen) atoms. The van der Waals surface area contributed by atoms with Crippen LogP contribution in [0.5, 0.6) is 0 Å². The lowest BCUT2D eigenvalue weighted by Crippen LogP contribution is -2.08. The number of hydrogen-bond acceptors (Lipinski definition) is 5. The number of carbonyl (C=O) groups excluding carboxylic acids is 2. The number of esters is 1. The first kappa shape index (κ1) is 20.8. The summed E-state index contributed by atoms with van der Waals surface area (Å²) in [4.78, 5) is 30.8. The van der Waals surface area contributed by atoms with E-state index >= 15 is 0 Å². The van der Waals surface area contributed by atoms with E-state index in [0.29, 0.717) is 11.2 Å². The van der Waals surface area contributed by atoms with Crippen molar-refractivity contribution < 1.29 is 27.5 Å². The maximum Gasteiger partial charge on any atom is 0.416 e. The zero-order valence-corrected chi connectivity index (χ0v) is 17.0. The molecule has 0 aliphatic carbocycles. The molecule has 4 rings (SSSR count). The van der Waals surface area contributed by atoms with Crippen LogP contribution in [0.25, 0.3) is 16.1 Å². The first-order valence-corrected chi connectivity index (χ1v) is 10.1. The van der Waals surface area contributed by atoms with Crippen LogP contribution in [0.4, 0.5) is 13.2 Å². The van der Waals surface area contributed by atoms with Crippen LogP contribution in [0.1, 0.15) is 38.9 Å². The highest BCUT2D eigenvalue weighted by Gasteiger charge is 2.30. The Bertz CT molecular complexity index is 1260. The Morgan fingerprint density at radius 1 is 1.13 bits per heavy atom. The van der Waals surface area contributed by atoms with Crippen LogP contribution >= 0.6 is 11.3 Å². The molecule has 0 bridgehead atoms. The topological polar surface area (TPSA) is 60.7 Å². The predicted molar refractivity (Wildman–Crippen MR) is 109 cm³/mol. The average Bonchev–Trinajstić information content (AvgIpc) is 3.41.